The fourth-order valence-corrected chi connectivity index (χ4v) is 1.97. The van der Waals surface area contributed by atoms with Gasteiger partial charge in [0.25, 0.3) is 11.8 Å². The predicted molar refractivity (Wildman–Crippen MR) is 61.9 cm³/mol. The maximum Gasteiger partial charge on any atom is 0.335 e. The van der Waals surface area contributed by atoms with E-state index in [0.29, 0.717) is 0 Å². The van der Waals surface area contributed by atoms with Gasteiger partial charge in [0.2, 0.25) is 6.39 Å². The molecule has 0 bridgehead atoms. The third-order valence-corrected chi connectivity index (χ3v) is 2.92. The van der Waals surface area contributed by atoms with Crippen molar-refractivity contribution in [2.45, 2.75) is 6.54 Å². The van der Waals surface area contributed by atoms with Gasteiger partial charge < -0.3 is 9.63 Å². The van der Waals surface area contributed by atoms with Gasteiger partial charge in [0.05, 0.1) is 23.2 Å². The van der Waals surface area contributed by atoms with Gasteiger partial charge in [-0.15, -0.1) is 0 Å². The summed E-state index contributed by atoms with van der Waals surface area (Å²) in [5, 5.41) is 12.4. The van der Waals surface area contributed by atoms with Crippen LogP contribution in [0.4, 0.5) is 0 Å². The molecule has 8 heteroatoms. The van der Waals surface area contributed by atoms with Crippen molar-refractivity contribution in [2.24, 2.45) is 0 Å². The van der Waals surface area contributed by atoms with Crippen LogP contribution in [0.3, 0.4) is 0 Å². The van der Waals surface area contributed by atoms with Gasteiger partial charge in [-0.1, -0.05) is 5.16 Å². The van der Waals surface area contributed by atoms with Crippen molar-refractivity contribution < 1.29 is 24.0 Å². The van der Waals surface area contributed by atoms with Crippen molar-refractivity contribution in [3.63, 3.8) is 0 Å². The Balaban J connectivity index is 1.97. The molecule has 0 atom stereocenters. The van der Waals surface area contributed by atoms with E-state index in [1.807, 2.05) is 0 Å². The highest BCUT2D eigenvalue weighted by Crippen LogP contribution is 2.25. The summed E-state index contributed by atoms with van der Waals surface area (Å²) in [5.41, 5.74) is 0.188. The van der Waals surface area contributed by atoms with Gasteiger partial charge in [0.15, 0.2) is 5.82 Å². The van der Waals surface area contributed by atoms with E-state index >= 15 is 0 Å². The molecule has 0 radical (unpaired) electrons. The second-order valence-electron chi connectivity index (χ2n) is 4.11. The molecule has 0 aliphatic carbocycles. The number of rotatable bonds is 3. The Hall–Kier alpha value is -3.03. The molecule has 0 spiro atoms. The van der Waals surface area contributed by atoms with Crippen molar-refractivity contribution in [3.05, 3.63) is 47.1 Å². The SMILES string of the molecule is O=C(O)c1ccc2c(c1)C(=O)N(Cc1ncon1)C2=O. The minimum atomic E-state index is -1.16. The number of hydrogen-bond acceptors (Lipinski definition) is 6. The van der Waals surface area contributed by atoms with Gasteiger partial charge in [-0.3, -0.25) is 14.5 Å². The van der Waals surface area contributed by atoms with Crippen molar-refractivity contribution in [2.75, 3.05) is 0 Å². The molecule has 3 rings (SSSR count). The summed E-state index contributed by atoms with van der Waals surface area (Å²) in [4.78, 5) is 39.8. The lowest BCUT2D eigenvalue weighted by Gasteiger charge is -2.10. The highest BCUT2D eigenvalue weighted by Gasteiger charge is 2.36. The number of carboxylic acids is 1. The molecule has 20 heavy (non-hydrogen) atoms. The molecular weight excluding hydrogens is 266 g/mol. The highest BCUT2D eigenvalue weighted by atomic mass is 16.5. The van der Waals surface area contributed by atoms with Crippen LogP contribution in [-0.4, -0.2) is 37.9 Å². The maximum absolute atomic E-state index is 12.1. The van der Waals surface area contributed by atoms with E-state index < -0.39 is 17.8 Å². The number of imide groups is 1. The number of aromatic nitrogens is 2. The van der Waals surface area contributed by atoms with Crippen molar-refractivity contribution in [1.29, 1.82) is 0 Å². The number of hydrogen-bond donors (Lipinski definition) is 1. The van der Waals surface area contributed by atoms with E-state index in [1.165, 1.54) is 18.2 Å². The normalized spacial score (nSPS) is 13.7. The number of benzene rings is 1. The molecular formula is C12H7N3O5. The number of carbonyl (C=O) groups excluding carboxylic acids is 2. The summed E-state index contributed by atoms with van der Waals surface area (Å²) in [7, 11) is 0. The second kappa shape index (κ2) is 4.26. The van der Waals surface area contributed by atoms with Gasteiger partial charge in [0.1, 0.15) is 0 Å². The largest absolute Gasteiger partial charge is 0.478 e. The van der Waals surface area contributed by atoms with E-state index in [0.717, 1.165) is 11.3 Å². The maximum atomic E-state index is 12.1. The van der Waals surface area contributed by atoms with Crippen molar-refractivity contribution in [3.8, 4) is 0 Å². The third kappa shape index (κ3) is 1.74. The molecule has 0 fully saturated rings. The number of nitrogens with zero attached hydrogens (tertiary/aromatic N) is 3. The molecule has 1 aliphatic heterocycles. The van der Waals surface area contributed by atoms with Crippen molar-refractivity contribution in [1.82, 2.24) is 15.0 Å². The Kier molecular flexibility index (Phi) is 2.56. The standard InChI is InChI=1S/C12H7N3O5/c16-10-7-2-1-6(12(18)19)3-8(7)11(17)15(10)4-9-13-5-20-14-9/h1-3,5H,4H2,(H,18,19). The highest BCUT2D eigenvalue weighted by molar-refractivity contribution is 6.21. The first-order valence-electron chi connectivity index (χ1n) is 5.56. The van der Waals surface area contributed by atoms with E-state index in [1.54, 1.807) is 0 Å². The van der Waals surface area contributed by atoms with Crippen LogP contribution in [0.15, 0.2) is 29.1 Å². The van der Waals surface area contributed by atoms with Gasteiger partial charge in [0, 0.05) is 0 Å². The number of carbonyl (C=O) groups is 3. The first-order valence-corrected chi connectivity index (χ1v) is 5.56. The van der Waals surface area contributed by atoms with E-state index in [9.17, 15) is 14.4 Å². The zero-order valence-electron chi connectivity index (χ0n) is 9.94. The van der Waals surface area contributed by atoms with Crippen LogP contribution >= 0.6 is 0 Å². The van der Waals surface area contributed by atoms with Crippen LogP contribution in [0.2, 0.25) is 0 Å². The Morgan fingerprint density at radius 2 is 2.00 bits per heavy atom. The minimum Gasteiger partial charge on any atom is -0.478 e. The topological polar surface area (TPSA) is 114 Å². The molecule has 1 N–H and O–H groups in total. The van der Waals surface area contributed by atoms with E-state index in [4.69, 9.17) is 5.11 Å². The van der Waals surface area contributed by atoms with E-state index in [-0.39, 0.29) is 29.1 Å². The number of amides is 2. The van der Waals surface area contributed by atoms with Crippen LogP contribution in [-0.2, 0) is 6.54 Å². The van der Waals surface area contributed by atoms with Crippen LogP contribution < -0.4 is 0 Å². The molecule has 1 aromatic carbocycles. The molecule has 2 heterocycles. The smallest absolute Gasteiger partial charge is 0.335 e. The fraction of sp³-hybridized carbons (Fsp3) is 0.0833. The Labute approximate surface area is 111 Å². The second-order valence-corrected chi connectivity index (χ2v) is 4.11. The zero-order chi connectivity index (χ0) is 14.3. The molecule has 0 saturated carbocycles. The van der Waals surface area contributed by atoms with Crippen LogP contribution in [0.5, 0.6) is 0 Å². The summed E-state index contributed by atoms with van der Waals surface area (Å²) in [6.07, 6.45) is 1.09. The average Bonchev–Trinajstić information content (AvgIpc) is 3.02. The number of fused-ring (bicyclic) bond motifs is 1. The average molecular weight is 273 g/mol. The minimum absolute atomic E-state index is 0.0497. The van der Waals surface area contributed by atoms with Crippen LogP contribution in [0, 0.1) is 0 Å². The quantitative estimate of drug-likeness (QED) is 0.813. The molecule has 0 saturated heterocycles. The predicted octanol–water partition coefficient (Wildman–Crippen LogP) is 0.564. The molecule has 8 nitrogen and oxygen atoms in total. The molecule has 0 unspecified atom stereocenters. The lowest BCUT2D eigenvalue weighted by atomic mass is 10.1. The monoisotopic (exact) mass is 273 g/mol. The van der Waals surface area contributed by atoms with E-state index in [2.05, 4.69) is 14.7 Å². The summed E-state index contributed by atoms with van der Waals surface area (Å²) < 4.78 is 4.53. The molecule has 100 valence electrons. The van der Waals surface area contributed by atoms with Gasteiger partial charge >= 0.3 is 5.97 Å². The lowest BCUT2D eigenvalue weighted by molar-refractivity contribution is 0.0636. The third-order valence-electron chi connectivity index (χ3n) is 2.92. The van der Waals surface area contributed by atoms with Gasteiger partial charge in [-0.2, -0.15) is 4.98 Å². The van der Waals surface area contributed by atoms with Gasteiger partial charge in [-0.05, 0) is 18.2 Å². The number of carboxylic acid groups (broad SMARTS) is 1. The Morgan fingerprint density at radius 3 is 2.65 bits per heavy atom. The molecule has 2 aromatic rings. The first-order chi connectivity index (χ1) is 9.58. The Bertz CT molecular complexity index is 723. The lowest BCUT2D eigenvalue weighted by Crippen LogP contribution is -2.29. The molecule has 1 aliphatic rings. The van der Waals surface area contributed by atoms with Crippen LogP contribution in [0.25, 0.3) is 0 Å². The summed E-state index contributed by atoms with van der Waals surface area (Å²) in [5.74, 6) is -2.05. The first kappa shape index (κ1) is 12.0. The number of aromatic carboxylic acids is 1. The van der Waals surface area contributed by atoms with Crippen molar-refractivity contribution >= 4 is 17.8 Å². The zero-order valence-corrected chi connectivity index (χ0v) is 9.94. The summed E-state index contributed by atoms with van der Waals surface area (Å²) >= 11 is 0. The molecule has 2 amide bonds. The fourth-order valence-electron chi connectivity index (χ4n) is 1.97. The summed E-state index contributed by atoms with van der Waals surface area (Å²) in [6, 6.07) is 3.80. The molecule has 1 aromatic heterocycles. The summed E-state index contributed by atoms with van der Waals surface area (Å²) in [6.45, 7) is -0.120. The van der Waals surface area contributed by atoms with Gasteiger partial charge in [-0.25, -0.2) is 4.79 Å². The Morgan fingerprint density at radius 1 is 1.25 bits per heavy atom. The van der Waals surface area contributed by atoms with Crippen LogP contribution in [0.1, 0.15) is 36.9 Å².